The Balaban J connectivity index is 2.13. The van der Waals surface area contributed by atoms with Crippen LogP contribution in [0.4, 0.5) is 0 Å². The van der Waals surface area contributed by atoms with Gasteiger partial charge in [0.2, 0.25) is 0 Å². The number of allylic oxidation sites excluding steroid dienone is 1. The van der Waals surface area contributed by atoms with Crippen molar-refractivity contribution < 1.29 is 0 Å². The fourth-order valence-corrected chi connectivity index (χ4v) is 1.43. The van der Waals surface area contributed by atoms with Crippen molar-refractivity contribution in [2.45, 2.75) is 38.6 Å². The highest BCUT2D eigenvalue weighted by molar-refractivity contribution is 4.84. The molecule has 1 heterocycles. The second-order valence-corrected chi connectivity index (χ2v) is 2.95. The molecular weight excluding hydrogens is 122 g/mol. The van der Waals surface area contributed by atoms with E-state index in [1.165, 1.54) is 32.2 Å². The smallest absolute Gasteiger partial charge is 0.0102 e. The van der Waals surface area contributed by atoms with Crippen molar-refractivity contribution >= 4 is 0 Å². The third-order valence-electron chi connectivity index (χ3n) is 2.07. The van der Waals surface area contributed by atoms with Crippen LogP contribution in [0.2, 0.25) is 0 Å². The first-order valence-electron chi connectivity index (χ1n) is 4.28. The molecule has 0 aliphatic carbocycles. The van der Waals surface area contributed by atoms with Crippen LogP contribution in [-0.2, 0) is 0 Å². The predicted octanol–water partition coefficient (Wildman–Crippen LogP) is 2.09. The standard InChI is InChI=1S/C9H17N/c1-2-3-6-9-7-4-5-8-10-9/h2-3,9-10H,4-8H2,1H3/b3-2+. The fourth-order valence-electron chi connectivity index (χ4n) is 1.43. The summed E-state index contributed by atoms with van der Waals surface area (Å²) >= 11 is 0. The first-order chi connectivity index (χ1) is 4.93. The van der Waals surface area contributed by atoms with Crippen molar-refractivity contribution in [3.8, 4) is 0 Å². The van der Waals surface area contributed by atoms with Crippen molar-refractivity contribution in [3.63, 3.8) is 0 Å². The molecule has 0 aromatic heterocycles. The summed E-state index contributed by atoms with van der Waals surface area (Å²) in [5, 5.41) is 3.50. The number of nitrogens with one attached hydrogen (secondary N) is 1. The molecular formula is C9H17N. The van der Waals surface area contributed by atoms with Crippen LogP contribution in [-0.4, -0.2) is 12.6 Å². The summed E-state index contributed by atoms with van der Waals surface area (Å²) in [6, 6.07) is 0.768. The summed E-state index contributed by atoms with van der Waals surface area (Å²) in [6.45, 7) is 3.31. The molecule has 1 unspecified atom stereocenters. The van der Waals surface area contributed by atoms with Gasteiger partial charge in [0, 0.05) is 6.04 Å². The van der Waals surface area contributed by atoms with E-state index in [1.807, 2.05) is 0 Å². The number of hydrogen-bond donors (Lipinski definition) is 1. The van der Waals surface area contributed by atoms with Gasteiger partial charge in [0.25, 0.3) is 0 Å². The second-order valence-electron chi connectivity index (χ2n) is 2.95. The monoisotopic (exact) mass is 139 g/mol. The first-order valence-corrected chi connectivity index (χ1v) is 4.28. The van der Waals surface area contributed by atoms with Crippen LogP contribution in [0, 0.1) is 0 Å². The molecule has 0 bridgehead atoms. The molecule has 1 nitrogen and oxygen atoms in total. The largest absolute Gasteiger partial charge is 0.314 e. The number of rotatable bonds is 2. The molecule has 0 aromatic rings. The van der Waals surface area contributed by atoms with Gasteiger partial charge in [-0.1, -0.05) is 18.6 Å². The summed E-state index contributed by atoms with van der Waals surface area (Å²) in [5.74, 6) is 0. The topological polar surface area (TPSA) is 12.0 Å². The van der Waals surface area contributed by atoms with Crippen molar-refractivity contribution in [3.05, 3.63) is 12.2 Å². The van der Waals surface area contributed by atoms with Crippen molar-refractivity contribution in [2.75, 3.05) is 6.54 Å². The molecule has 10 heavy (non-hydrogen) atoms. The Morgan fingerprint density at radius 2 is 2.40 bits per heavy atom. The van der Waals surface area contributed by atoms with Crippen molar-refractivity contribution in [2.24, 2.45) is 0 Å². The maximum Gasteiger partial charge on any atom is 0.0102 e. The average Bonchev–Trinajstić information content (AvgIpc) is 2.03. The molecule has 0 spiro atoms. The van der Waals surface area contributed by atoms with Crippen LogP contribution in [0.25, 0.3) is 0 Å². The fraction of sp³-hybridized carbons (Fsp3) is 0.778. The Morgan fingerprint density at radius 3 is 3.00 bits per heavy atom. The molecule has 1 rings (SSSR count). The van der Waals surface area contributed by atoms with Gasteiger partial charge >= 0.3 is 0 Å². The molecule has 0 saturated carbocycles. The van der Waals surface area contributed by atoms with Gasteiger partial charge in [-0.05, 0) is 32.7 Å². The molecule has 1 heteroatoms. The van der Waals surface area contributed by atoms with Crippen LogP contribution in [0.3, 0.4) is 0 Å². The lowest BCUT2D eigenvalue weighted by atomic mass is 10.0. The number of hydrogen-bond acceptors (Lipinski definition) is 1. The summed E-state index contributed by atoms with van der Waals surface area (Å²) in [4.78, 5) is 0. The minimum atomic E-state index is 0.768. The maximum atomic E-state index is 3.50. The lowest BCUT2D eigenvalue weighted by molar-refractivity contribution is 0.403. The third kappa shape index (κ3) is 2.53. The Labute approximate surface area is 63.5 Å². The van der Waals surface area contributed by atoms with E-state index in [9.17, 15) is 0 Å². The zero-order chi connectivity index (χ0) is 7.23. The first kappa shape index (κ1) is 7.80. The van der Waals surface area contributed by atoms with E-state index in [2.05, 4.69) is 24.4 Å². The van der Waals surface area contributed by atoms with Crippen LogP contribution in [0.1, 0.15) is 32.6 Å². The maximum absolute atomic E-state index is 3.50. The molecule has 1 fully saturated rings. The van der Waals surface area contributed by atoms with Gasteiger partial charge in [-0.2, -0.15) is 0 Å². The second kappa shape index (κ2) is 4.51. The predicted molar refractivity (Wildman–Crippen MR) is 45.1 cm³/mol. The molecule has 1 aliphatic heterocycles. The van der Waals surface area contributed by atoms with Crippen molar-refractivity contribution in [1.29, 1.82) is 0 Å². The summed E-state index contributed by atoms with van der Waals surface area (Å²) in [5.41, 5.74) is 0. The molecule has 1 N–H and O–H groups in total. The Kier molecular flexibility index (Phi) is 3.52. The molecule has 0 radical (unpaired) electrons. The van der Waals surface area contributed by atoms with Gasteiger partial charge in [-0.15, -0.1) is 0 Å². The minimum Gasteiger partial charge on any atom is -0.314 e. The van der Waals surface area contributed by atoms with Gasteiger partial charge in [-0.3, -0.25) is 0 Å². The van der Waals surface area contributed by atoms with E-state index in [1.54, 1.807) is 0 Å². The molecule has 58 valence electrons. The molecule has 1 aliphatic rings. The van der Waals surface area contributed by atoms with Gasteiger partial charge < -0.3 is 5.32 Å². The van der Waals surface area contributed by atoms with Crippen LogP contribution >= 0.6 is 0 Å². The molecule has 0 aromatic carbocycles. The molecule has 1 atom stereocenters. The van der Waals surface area contributed by atoms with Gasteiger partial charge in [0.05, 0.1) is 0 Å². The van der Waals surface area contributed by atoms with E-state index >= 15 is 0 Å². The van der Waals surface area contributed by atoms with Crippen LogP contribution < -0.4 is 5.32 Å². The summed E-state index contributed by atoms with van der Waals surface area (Å²) < 4.78 is 0. The highest BCUT2D eigenvalue weighted by atomic mass is 14.9. The lowest BCUT2D eigenvalue weighted by Gasteiger charge is -2.21. The minimum absolute atomic E-state index is 0.768. The van der Waals surface area contributed by atoms with E-state index < -0.39 is 0 Å². The molecule has 0 amide bonds. The Morgan fingerprint density at radius 1 is 1.50 bits per heavy atom. The summed E-state index contributed by atoms with van der Waals surface area (Å²) in [6.07, 6.45) is 9.75. The lowest BCUT2D eigenvalue weighted by Crippen LogP contribution is -2.33. The third-order valence-corrected chi connectivity index (χ3v) is 2.07. The van der Waals surface area contributed by atoms with Gasteiger partial charge in [0.15, 0.2) is 0 Å². The quantitative estimate of drug-likeness (QED) is 0.578. The normalized spacial score (nSPS) is 27.5. The highest BCUT2D eigenvalue weighted by Crippen LogP contribution is 2.09. The SMILES string of the molecule is C/C=C/CC1CCCCN1. The molecule has 1 saturated heterocycles. The van der Waals surface area contributed by atoms with Gasteiger partial charge in [-0.25, -0.2) is 0 Å². The van der Waals surface area contributed by atoms with Crippen LogP contribution in [0.15, 0.2) is 12.2 Å². The van der Waals surface area contributed by atoms with Gasteiger partial charge in [0.1, 0.15) is 0 Å². The van der Waals surface area contributed by atoms with Crippen molar-refractivity contribution in [1.82, 2.24) is 5.32 Å². The van der Waals surface area contributed by atoms with E-state index in [0.717, 1.165) is 6.04 Å². The highest BCUT2D eigenvalue weighted by Gasteiger charge is 2.09. The van der Waals surface area contributed by atoms with E-state index in [4.69, 9.17) is 0 Å². The average molecular weight is 139 g/mol. The van der Waals surface area contributed by atoms with Crippen LogP contribution in [0.5, 0.6) is 0 Å². The zero-order valence-corrected chi connectivity index (χ0v) is 6.77. The summed E-state index contributed by atoms with van der Waals surface area (Å²) in [7, 11) is 0. The Bertz CT molecular complexity index is 101. The number of piperidine rings is 1. The Hall–Kier alpha value is -0.300. The van der Waals surface area contributed by atoms with E-state index in [-0.39, 0.29) is 0 Å². The zero-order valence-electron chi connectivity index (χ0n) is 6.77. The van der Waals surface area contributed by atoms with E-state index in [0.29, 0.717) is 0 Å².